The van der Waals surface area contributed by atoms with Crippen LogP contribution in [-0.2, 0) is 6.54 Å². The minimum atomic E-state index is 0.534. The molecule has 0 spiro atoms. The Morgan fingerprint density at radius 1 is 1.07 bits per heavy atom. The van der Waals surface area contributed by atoms with Gasteiger partial charge >= 0.3 is 0 Å². The van der Waals surface area contributed by atoms with Crippen LogP contribution >= 0.6 is 0 Å². The van der Waals surface area contributed by atoms with Crippen molar-refractivity contribution in [3.8, 4) is 5.75 Å². The van der Waals surface area contributed by atoms with E-state index in [0.29, 0.717) is 6.04 Å². The summed E-state index contributed by atoms with van der Waals surface area (Å²) in [5, 5.41) is 9.61. The van der Waals surface area contributed by atoms with Crippen molar-refractivity contribution in [2.75, 3.05) is 12.4 Å². The lowest BCUT2D eigenvalue weighted by Crippen LogP contribution is -2.22. The zero-order valence-corrected chi connectivity index (χ0v) is 17.5. The third-order valence-electron chi connectivity index (χ3n) is 5.28. The first-order valence-electron chi connectivity index (χ1n) is 10.5. The second kappa shape index (κ2) is 9.58. The predicted molar refractivity (Wildman–Crippen MR) is 116 cm³/mol. The molecule has 1 aliphatic carbocycles. The number of fused-ring (bicyclic) bond motifs is 1. The highest BCUT2D eigenvalue weighted by Gasteiger charge is 2.18. The number of methoxy groups -OCH3 is 1. The first-order chi connectivity index (χ1) is 13.7. The van der Waals surface area contributed by atoms with Crippen LogP contribution in [0.4, 0.5) is 5.82 Å². The second-order valence-corrected chi connectivity index (χ2v) is 7.12. The van der Waals surface area contributed by atoms with Crippen molar-refractivity contribution in [3.63, 3.8) is 0 Å². The minimum Gasteiger partial charge on any atom is -0.497 e. The van der Waals surface area contributed by atoms with E-state index in [1.54, 1.807) is 7.11 Å². The Kier molecular flexibility index (Phi) is 6.90. The first kappa shape index (κ1) is 20.2. The van der Waals surface area contributed by atoms with Crippen LogP contribution in [-0.4, -0.2) is 27.9 Å². The Bertz CT molecular complexity index is 880. The molecule has 3 aromatic rings. The van der Waals surface area contributed by atoms with E-state index in [9.17, 15) is 0 Å². The Labute approximate surface area is 168 Å². The number of nitrogens with zero attached hydrogens (tertiary/aromatic N) is 3. The maximum atomic E-state index is 5.24. The Morgan fingerprint density at radius 2 is 1.79 bits per heavy atom. The summed E-state index contributed by atoms with van der Waals surface area (Å²) in [6.45, 7) is 6.81. The van der Waals surface area contributed by atoms with Gasteiger partial charge in [0.2, 0.25) is 0 Å². The molecule has 2 heterocycles. The lowest BCUT2D eigenvalue weighted by molar-refractivity contribution is 0.414. The highest BCUT2D eigenvalue weighted by molar-refractivity contribution is 5.91. The molecule has 5 heteroatoms. The van der Waals surface area contributed by atoms with E-state index in [1.807, 2.05) is 32.2 Å². The molecule has 1 saturated carbocycles. The molecule has 0 radical (unpaired) electrons. The van der Waals surface area contributed by atoms with Crippen LogP contribution in [0.15, 0.2) is 36.5 Å². The summed E-state index contributed by atoms with van der Waals surface area (Å²) in [6, 6.07) is 10.8. The first-order valence-corrected chi connectivity index (χ1v) is 10.5. The second-order valence-electron chi connectivity index (χ2n) is 7.12. The highest BCUT2D eigenvalue weighted by Crippen LogP contribution is 2.28. The monoisotopic (exact) mass is 380 g/mol. The number of rotatable bonds is 5. The number of anilines is 1. The Balaban J connectivity index is 0.00000109. The van der Waals surface area contributed by atoms with Crippen molar-refractivity contribution in [2.24, 2.45) is 0 Å². The van der Waals surface area contributed by atoms with Gasteiger partial charge in [-0.25, -0.2) is 4.98 Å². The van der Waals surface area contributed by atoms with Crippen LogP contribution in [0.25, 0.3) is 10.9 Å². The van der Waals surface area contributed by atoms with Gasteiger partial charge in [0.1, 0.15) is 11.6 Å². The quantitative estimate of drug-likeness (QED) is 0.629. The summed E-state index contributed by atoms with van der Waals surface area (Å²) >= 11 is 0. The highest BCUT2D eigenvalue weighted by atomic mass is 16.5. The van der Waals surface area contributed by atoms with Crippen molar-refractivity contribution in [3.05, 3.63) is 47.8 Å². The zero-order chi connectivity index (χ0) is 19.9. The summed E-state index contributed by atoms with van der Waals surface area (Å²) in [4.78, 5) is 4.62. The molecule has 1 aromatic carbocycles. The number of pyridine rings is 1. The van der Waals surface area contributed by atoms with Gasteiger partial charge in [0, 0.05) is 12.2 Å². The molecule has 0 bridgehead atoms. The fourth-order valence-corrected chi connectivity index (χ4v) is 3.88. The van der Waals surface area contributed by atoms with Crippen molar-refractivity contribution in [1.82, 2.24) is 14.8 Å². The lowest BCUT2D eigenvalue weighted by Gasteiger charge is -2.23. The van der Waals surface area contributed by atoms with Gasteiger partial charge in [0.15, 0.2) is 0 Å². The molecule has 150 valence electrons. The van der Waals surface area contributed by atoms with Crippen LogP contribution in [0.1, 0.15) is 57.2 Å². The summed E-state index contributed by atoms with van der Waals surface area (Å²) in [6.07, 6.45) is 8.33. The van der Waals surface area contributed by atoms with E-state index in [0.717, 1.165) is 34.7 Å². The molecule has 0 amide bonds. The molecule has 1 fully saturated rings. The molecule has 0 saturated heterocycles. The van der Waals surface area contributed by atoms with Gasteiger partial charge in [-0.2, -0.15) is 5.10 Å². The summed E-state index contributed by atoms with van der Waals surface area (Å²) in [5.41, 5.74) is 3.36. The van der Waals surface area contributed by atoms with Gasteiger partial charge in [0.05, 0.1) is 30.3 Å². The van der Waals surface area contributed by atoms with E-state index in [-0.39, 0.29) is 0 Å². The summed E-state index contributed by atoms with van der Waals surface area (Å²) in [7, 11) is 1.69. The number of nitrogens with one attached hydrogen (secondary N) is 1. The van der Waals surface area contributed by atoms with Gasteiger partial charge in [0.25, 0.3) is 0 Å². The Morgan fingerprint density at radius 3 is 2.46 bits per heavy atom. The van der Waals surface area contributed by atoms with Gasteiger partial charge in [-0.3, -0.25) is 4.68 Å². The van der Waals surface area contributed by atoms with Crippen LogP contribution < -0.4 is 10.1 Å². The number of hydrogen-bond donors (Lipinski definition) is 1. The number of hydrogen-bond acceptors (Lipinski definition) is 4. The zero-order valence-electron chi connectivity index (χ0n) is 17.5. The van der Waals surface area contributed by atoms with Crippen LogP contribution in [0.2, 0.25) is 0 Å². The maximum Gasteiger partial charge on any atom is 0.137 e. The van der Waals surface area contributed by atoms with Gasteiger partial charge in [-0.1, -0.05) is 45.2 Å². The van der Waals surface area contributed by atoms with Crippen LogP contribution in [0, 0.1) is 6.92 Å². The van der Waals surface area contributed by atoms with Crippen LogP contribution in [0.5, 0.6) is 5.75 Å². The SMILES string of the molecule is CC.COc1ccc(Cn2nc(C)c3c(NC4CCCCC4)nccc32)cc1. The van der Waals surface area contributed by atoms with Gasteiger partial charge < -0.3 is 10.1 Å². The predicted octanol–water partition coefficient (Wildman–Crippen LogP) is 5.57. The third kappa shape index (κ3) is 4.46. The average molecular weight is 381 g/mol. The standard InChI is InChI=1S/C21H26N4O.C2H6/c1-15-20-19(12-13-22-21(20)23-17-6-4-3-5-7-17)25(24-15)14-16-8-10-18(26-2)11-9-16;1-2/h8-13,17H,3-7,14H2,1-2H3,(H,22,23);1-2H3. The fourth-order valence-electron chi connectivity index (χ4n) is 3.88. The molecule has 0 unspecified atom stereocenters. The molecule has 5 nitrogen and oxygen atoms in total. The Hall–Kier alpha value is -2.56. The van der Waals surface area contributed by atoms with E-state index in [4.69, 9.17) is 9.84 Å². The molecule has 4 rings (SSSR count). The minimum absolute atomic E-state index is 0.534. The molecular formula is C23H32N4O. The van der Waals surface area contributed by atoms with Crippen molar-refractivity contribution < 1.29 is 4.74 Å². The largest absolute Gasteiger partial charge is 0.497 e. The fraction of sp³-hybridized carbons (Fsp3) is 0.478. The molecule has 1 aliphatic rings. The van der Waals surface area contributed by atoms with E-state index in [2.05, 4.69) is 40.1 Å². The maximum absolute atomic E-state index is 5.24. The normalized spacial score (nSPS) is 14.4. The van der Waals surface area contributed by atoms with E-state index < -0.39 is 0 Å². The number of aromatic nitrogens is 3. The topological polar surface area (TPSA) is 52.0 Å². The van der Waals surface area contributed by atoms with Crippen molar-refractivity contribution in [1.29, 1.82) is 0 Å². The number of aryl methyl sites for hydroxylation is 1. The third-order valence-corrected chi connectivity index (χ3v) is 5.28. The van der Waals surface area contributed by atoms with Crippen molar-refractivity contribution in [2.45, 2.75) is 65.5 Å². The molecule has 2 aromatic heterocycles. The molecule has 28 heavy (non-hydrogen) atoms. The summed E-state index contributed by atoms with van der Waals surface area (Å²) < 4.78 is 7.31. The average Bonchev–Trinajstić information content (AvgIpc) is 3.07. The molecule has 1 N–H and O–H groups in total. The van der Waals surface area contributed by atoms with E-state index in [1.165, 1.54) is 37.7 Å². The number of benzene rings is 1. The van der Waals surface area contributed by atoms with E-state index >= 15 is 0 Å². The number of ether oxygens (including phenoxy) is 1. The smallest absolute Gasteiger partial charge is 0.137 e. The van der Waals surface area contributed by atoms with Crippen molar-refractivity contribution >= 4 is 16.7 Å². The molecule has 0 aliphatic heterocycles. The van der Waals surface area contributed by atoms with Gasteiger partial charge in [-0.15, -0.1) is 0 Å². The van der Waals surface area contributed by atoms with Gasteiger partial charge in [-0.05, 0) is 43.5 Å². The lowest BCUT2D eigenvalue weighted by atomic mass is 9.95. The molecular weight excluding hydrogens is 348 g/mol. The summed E-state index contributed by atoms with van der Waals surface area (Å²) in [5.74, 6) is 1.85. The van der Waals surface area contributed by atoms with Crippen LogP contribution in [0.3, 0.4) is 0 Å². The molecule has 0 atom stereocenters.